The number of hydrogen-bond donors (Lipinski definition) is 1. The van der Waals surface area contributed by atoms with Gasteiger partial charge in [0, 0.05) is 19.2 Å². The Balaban J connectivity index is 2.25. The molecule has 1 saturated heterocycles. The Labute approximate surface area is 120 Å². The summed E-state index contributed by atoms with van der Waals surface area (Å²) in [4.78, 5) is 2.29. The second-order valence-electron chi connectivity index (χ2n) is 5.08. The predicted octanol–water partition coefficient (Wildman–Crippen LogP) is 1.29. The van der Waals surface area contributed by atoms with Crippen LogP contribution in [-0.4, -0.2) is 59.0 Å². The molecule has 112 valence electrons. The van der Waals surface area contributed by atoms with Crippen LogP contribution in [0.1, 0.15) is 11.6 Å². The minimum Gasteiger partial charge on any atom is -0.497 e. The lowest BCUT2D eigenvalue weighted by molar-refractivity contribution is -0.0380. The van der Waals surface area contributed by atoms with Gasteiger partial charge in [0.25, 0.3) is 0 Å². The highest BCUT2D eigenvalue weighted by atomic mass is 16.5. The van der Waals surface area contributed by atoms with Crippen molar-refractivity contribution < 1.29 is 14.2 Å². The van der Waals surface area contributed by atoms with Gasteiger partial charge in [-0.1, -0.05) is 0 Å². The fraction of sp³-hybridized carbons (Fsp3) is 0.600. The van der Waals surface area contributed by atoms with Crippen molar-refractivity contribution in [3.63, 3.8) is 0 Å². The first-order valence-electron chi connectivity index (χ1n) is 6.88. The van der Waals surface area contributed by atoms with Crippen LogP contribution in [0.5, 0.6) is 11.5 Å². The molecule has 0 spiro atoms. The van der Waals surface area contributed by atoms with Gasteiger partial charge in [0.15, 0.2) is 0 Å². The Bertz CT molecular complexity index is 417. The lowest BCUT2D eigenvalue weighted by Gasteiger charge is -2.35. The van der Waals surface area contributed by atoms with Crippen LogP contribution in [0.2, 0.25) is 0 Å². The van der Waals surface area contributed by atoms with E-state index in [0.29, 0.717) is 0 Å². The van der Waals surface area contributed by atoms with E-state index < -0.39 is 0 Å². The molecular formula is C15H24N2O3. The molecule has 20 heavy (non-hydrogen) atoms. The van der Waals surface area contributed by atoms with Crippen molar-refractivity contribution in [2.75, 3.05) is 48.0 Å². The smallest absolute Gasteiger partial charge is 0.122 e. The number of likely N-dealkylation sites (N-methyl/N-ethyl adjacent to an activating group) is 2. The van der Waals surface area contributed by atoms with E-state index in [2.05, 4.69) is 17.3 Å². The third-order valence-electron chi connectivity index (χ3n) is 3.71. The lowest BCUT2D eigenvalue weighted by atomic mass is 9.99. The summed E-state index contributed by atoms with van der Waals surface area (Å²) in [6.45, 7) is 2.65. The van der Waals surface area contributed by atoms with Crippen molar-refractivity contribution in [3.05, 3.63) is 23.8 Å². The zero-order valence-corrected chi connectivity index (χ0v) is 12.7. The minimum atomic E-state index is 0.113. The standard InChI is InChI=1S/C15H24N2O3/c1-16-15(14-10-17(2)5-6-20-14)11-7-12(18-3)9-13(8-11)19-4/h7-9,14-16H,5-6,10H2,1-4H3. The van der Waals surface area contributed by atoms with Crippen LogP contribution < -0.4 is 14.8 Å². The van der Waals surface area contributed by atoms with Gasteiger partial charge >= 0.3 is 0 Å². The van der Waals surface area contributed by atoms with Crippen LogP contribution in [0.25, 0.3) is 0 Å². The maximum Gasteiger partial charge on any atom is 0.122 e. The molecule has 2 rings (SSSR count). The van der Waals surface area contributed by atoms with E-state index in [1.165, 1.54) is 0 Å². The zero-order valence-electron chi connectivity index (χ0n) is 12.7. The van der Waals surface area contributed by atoms with Crippen LogP contribution in [0.15, 0.2) is 18.2 Å². The molecule has 0 amide bonds. The molecule has 2 atom stereocenters. The van der Waals surface area contributed by atoms with Crippen molar-refractivity contribution in [2.24, 2.45) is 0 Å². The molecule has 1 aliphatic heterocycles. The molecule has 5 nitrogen and oxygen atoms in total. The number of methoxy groups -OCH3 is 2. The SMILES string of the molecule is CNC(c1cc(OC)cc(OC)c1)C1CN(C)CCO1. The summed E-state index contributed by atoms with van der Waals surface area (Å²) in [7, 11) is 7.40. The fourth-order valence-corrected chi connectivity index (χ4v) is 2.59. The van der Waals surface area contributed by atoms with E-state index >= 15 is 0 Å². The zero-order chi connectivity index (χ0) is 14.5. The summed E-state index contributed by atoms with van der Waals surface area (Å²) in [5.74, 6) is 1.59. The average Bonchev–Trinajstić information content (AvgIpc) is 2.47. The van der Waals surface area contributed by atoms with E-state index in [-0.39, 0.29) is 12.1 Å². The maximum atomic E-state index is 5.92. The monoisotopic (exact) mass is 280 g/mol. The van der Waals surface area contributed by atoms with E-state index in [1.54, 1.807) is 14.2 Å². The predicted molar refractivity (Wildman–Crippen MR) is 78.6 cm³/mol. The molecule has 5 heteroatoms. The third kappa shape index (κ3) is 3.42. The summed E-state index contributed by atoms with van der Waals surface area (Å²) in [5, 5.41) is 3.35. The molecule has 0 aliphatic carbocycles. The van der Waals surface area contributed by atoms with Crippen LogP contribution >= 0.6 is 0 Å². The number of ether oxygens (including phenoxy) is 3. The first-order valence-corrected chi connectivity index (χ1v) is 6.88. The number of hydrogen-bond acceptors (Lipinski definition) is 5. The number of benzene rings is 1. The molecule has 1 N–H and O–H groups in total. The van der Waals surface area contributed by atoms with Gasteiger partial charge in [-0.05, 0) is 31.8 Å². The summed E-state index contributed by atoms with van der Waals surface area (Å²) >= 11 is 0. The first-order chi connectivity index (χ1) is 9.67. The maximum absolute atomic E-state index is 5.92. The van der Waals surface area contributed by atoms with Gasteiger partial charge in [-0.2, -0.15) is 0 Å². The van der Waals surface area contributed by atoms with Gasteiger partial charge in [0.1, 0.15) is 11.5 Å². The summed E-state index contributed by atoms with van der Waals surface area (Å²) < 4.78 is 16.6. The van der Waals surface area contributed by atoms with Gasteiger partial charge in [0.2, 0.25) is 0 Å². The molecule has 1 aliphatic rings. The Morgan fingerprint density at radius 3 is 2.40 bits per heavy atom. The van der Waals surface area contributed by atoms with Crippen LogP contribution in [0, 0.1) is 0 Å². The third-order valence-corrected chi connectivity index (χ3v) is 3.71. The Morgan fingerprint density at radius 2 is 1.90 bits per heavy atom. The largest absolute Gasteiger partial charge is 0.497 e. The molecule has 1 fully saturated rings. The number of morpholine rings is 1. The van der Waals surface area contributed by atoms with Gasteiger partial charge < -0.3 is 24.4 Å². The average molecular weight is 280 g/mol. The second kappa shape index (κ2) is 6.92. The van der Waals surface area contributed by atoms with Crippen molar-refractivity contribution >= 4 is 0 Å². The Morgan fingerprint density at radius 1 is 1.25 bits per heavy atom. The minimum absolute atomic E-state index is 0.113. The molecule has 1 heterocycles. The van der Waals surface area contributed by atoms with E-state index in [0.717, 1.165) is 36.8 Å². The van der Waals surface area contributed by atoms with Crippen molar-refractivity contribution in [1.29, 1.82) is 0 Å². The topological polar surface area (TPSA) is 43.0 Å². The highest BCUT2D eigenvalue weighted by Gasteiger charge is 2.27. The molecule has 0 aromatic heterocycles. The van der Waals surface area contributed by atoms with E-state index in [4.69, 9.17) is 14.2 Å². The summed E-state index contributed by atoms with van der Waals surface area (Å²) in [5.41, 5.74) is 1.11. The molecule has 0 radical (unpaired) electrons. The molecule has 0 bridgehead atoms. The highest BCUT2D eigenvalue weighted by molar-refractivity contribution is 5.40. The van der Waals surface area contributed by atoms with Gasteiger partial charge in [-0.15, -0.1) is 0 Å². The van der Waals surface area contributed by atoms with E-state index in [1.807, 2.05) is 25.2 Å². The quantitative estimate of drug-likeness (QED) is 0.880. The van der Waals surface area contributed by atoms with Crippen molar-refractivity contribution in [2.45, 2.75) is 12.1 Å². The van der Waals surface area contributed by atoms with Gasteiger partial charge in [0.05, 0.1) is 33.0 Å². The molecule has 2 unspecified atom stereocenters. The highest BCUT2D eigenvalue weighted by Crippen LogP contribution is 2.29. The first kappa shape index (κ1) is 15.1. The van der Waals surface area contributed by atoms with E-state index in [9.17, 15) is 0 Å². The normalized spacial score (nSPS) is 21.5. The van der Waals surface area contributed by atoms with Crippen LogP contribution in [0.4, 0.5) is 0 Å². The Hall–Kier alpha value is -1.30. The fourth-order valence-electron chi connectivity index (χ4n) is 2.59. The second-order valence-corrected chi connectivity index (χ2v) is 5.08. The van der Waals surface area contributed by atoms with Crippen LogP contribution in [0.3, 0.4) is 0 Å². The summed E-state index contributed by atoms with van der Waals surface area (Å²) in [6, 6.07) is 6.05. The molecule has 0 saturated carbocycles. The Kier molecular flexibility index (Phi) is 5.23. The van der Waals surface area contributed by atoms with Crippen LogP contribution in [-0.2, 0) is 4.74 Å². The van der Waals surface area contributed by atoms with Gasteiger partial charge in [-0.3, -0.25) is 0 Å². The van der Waals surface area contributed by atoms with Crippen molar-refractivity contribution in [3.8, 4) is 11.5 Å². The summed E-state index contributed by atoms with van der Waals surface area (Å²) in [6.07, 6.45) is 0.121. The van der Waals surface area contributed by atoms with Crippen molar-refractivity contribution in [1.82, 2.24) is 10.2 Å². The number of rotatable bonds is 5. The van der Waals surface area contributed by atoms with Gasteiger partial charge in [-0.25, -0.2) is 0 Å². The molecular weight excluding hydrogens is 256 g/mol. The lowest BCUT2D eigenvalue weighted by Crippen LogP contribution is -2.46. The molecule has 1 aromatic carbocycles. The number of nitrogens with zero attached hydrogens (tertiary/aromatic N) is 1. The molecule has 1 aromatic rings. The number of nitrogens with one attached hydrogen (secondary N) is 1.